The SMILES string of the molecule is CC(=O)c1ccc(F)c([N+](=O)[O-])c1.CC(=O)c1ccc(Nc2ccc(F)cc2)c(N)c1.CC(=O)c1ccc(Nc2ccc(F)cc2)c([N+](=O)[O-])c1.CC(=O)c1ccc2c(c1)ncn2-c1ccc(F)cc1.CCO.CCO.COC(OC)OC.Nc1ccc(F)cc1.O=C(O)c1ccc2c(c1)ncn2-c1ccc(F)cc1.[2H]CF.[NH-]O.[Na+]. The third-order valence-electron chi connectivity index (χ3n) is 14.3. The Morgan fingerprint density at radius 3 is 1.11 bits per heavy atom. The van der Waals surface area contributed by atoms with Gasteiger partial charge in [-0.3, -0.25) is 52.9 Å². The van der Waals surface area contributed by atoms with Gasteiger partial charge in [0.15, 0.2) is 23.1 Å². The first kappa shape index (κ1) is 98.6. The van der Waals surface area contributed by atoms with E-state index in [1.165, 1.54) is 170 Å². The number of imidazole rings is 2. The van der Waals surface area contributed by atoms with Crippen LogP contribution in [-0.4, -0.2) is 127 Å². The molecule has 0 aliphatic carbocycles. The molecule has 27 nitrogen and oxygen atoms in total. The fourth-order valence-corrected chi connectivity index (χ4v) is 8.90. The number of carbonyl (C=O) groups excluding carboxylic acids is 4. The number of nitrogens with one attached hydrogen (secondary N) is 3. The van der Waals surface area contributed by atoms with E-state index < -0.39 is 46.8 Å². The van der Waals surface area contributed by atoms with Crippen LogP contribution in [0.4, 0.5) is 76.2 Å². The van der Waals surface area contributed by atoms with Gasteiger partial charge in [0.1, 0.15) is 47.4 Å². The normalized spacial score (nSPS) is 9.80. The largest absolute Gasteiger partial charge is 1.00 e. The first-order chi connectivity index (χ1) is 54.7. The standard InChI is InChI=1S/C15H11FN2O.C14H11FN2O3.C14H9FN2O2.C14H13FN2O.C8H6FNO3.C6H6FN.C4H10O3.2C2H6O.CH3F.H2NO.Na/c1-10(19)11-2-7-15-14(8-11)17-9-18(15)13-5-3-12(16)4-6-13;1-9(18)10-2-7-13(14(8-10)17(19)20)16-12-5-3-11(15)4-6-12;15-10-2-4-11(5-3-10)17-8-16-12-7-9(14(18)19)1-6-13(12)17;1-9(18)10-2-7-14(13(16)8-10)17-12-5-3-11(15)4-6-12;1-5(11)6-2-3-7(9)8(4-6)10(12)13;7-5-1-3-6(8)4-2-5;1-5-4(6-2)7-3;2*1-2-3;2*1-2;/h2-9H,1H3;2-8,16H,1H3;1-8H,(H,18,19);2-8,17H,16H2,1H3;2-4H,1H3;1-4H,8H2;4H,1-3H3;2*3H,2H2,1H3;1H3;1-2H;/q;;;;;;;;;;-1;+1/i;;;;;;;;;1D;;. The van der Waals surface area contributed by atoms with E-state index >= 15 is 0 Å². The number of nitro groups is 2. The van der Waals surface area contributed by atoms with Crippen molar-refractivity contribution in [2.24, 2.45) is 0 Å². The fourth-order valence-electron chi connectivity index (χ4n) is 8.90. The van der Waals surface area contributed by atoms with Crippen molar-refractivity contribution in [2.75, 3.05) is 63.8 Å². The number of nitro benzene ring substituents is 2. The van der Waals surface area contributed by atoms with Crippen LogP contribution in [0.25, 0.3) is 39.3 Å². The van der Waals surface area contributed by atoms with Crippen LogP contribution in [-0.2, 0) is 14.2 Å². The second-order valence-electron chi connectivity index (χ2n) is 22.3. The number of ketones is 4. The summed E-state index contributed by atoms with van der Waals surface area (Å²) in [6.45, 7) is 8.96. The first-order valence-electron chi connectivity index (χ1n) is 33.7. The van der Waals surface area contributed by atoms with Crippen molar-refractivity contribution in [3.8, 4) is 11.4 Å². The number of ether oxygens (including phenoxy) is 3. The zero-order valence-electron chi connectivity index (χ0n) is 64.7. The van der Waals surface area contributed by atoms with Crippen molar-refractivity contribution >= 4 is 96.7 Å². The van der Waals surface area contributed by atoms with Gasteiger partial charge in [0.2, 0.25) is 5.82 Å². The zero-order valence-corrected chi connectivity index (χ0v) is 65.7. The van der Waals surface area contributed by atoms with Crippen molar-refractivity contribution < 1.29 is 130 Å². The molecule has 0 bridgehead atoms. The molecule has 0 radical (unpaired) electrons. The fraction of sp³-hybridized carbons (Fsp3) is 0.163. The number of nitrogens with zero attached hydrogens (tertiary/aromatic N) is 6. The number of alkyl halides is 1. The van der Waals surface area contributed by atoms with Crippen LogP contribution in [0.2, 0.25) is 0 Å². The summed E-state index contributed by atoms with van der Waals surface area (Å²) in [6, 6.07) is 51.7. The molecule has 2 heterocycles. The molecule has 0 amide bonds. The Labute approximate surface area is 679 Å². The van der Waals surface area contributed by atoms with Gasteiger partial charge in [-0.15, -0.1) is 0 Å². The number of rotatable bonds is 16. The van der Waals surface area contributed by atoms with E-state index in [1.807, 2.05) is 10.6 Å². The number of hydrogen-bond acceptors (Lipinski definition) is 21. The third kappa shape index (κ3) is 34.6. The molecule has 12 aromatic rings. The van der Waals surface area contributed by atoms with Crippen LogP contribution in [0, 0.1) is 55.1 Å². The van der Waals surface area contributed by atoms with Gasteiger partial charge in [0.05, 0.1) is 57.4 Å². The molecule has 0 atom stereocenters. The molecule has 11 N–H and O–H groups in total. The van der Waals surface area contributed by atoms with Crippen LogP contribution in [0.15, 0.2) is 225 Å². The molecule has 0 unspecified atom stereocenters. The number of methoxy groups -OCH3 is 3. The number of Topliss-reactive ketones (excluding diaryl/α,β-unsaturated/α-hetero) is 4. The number of hydrogen-bond donors (Lipinski definition) is 8. The van der Waals surface area contributed by atoms with Gasteiger partial charge in [-0.05, 0) is 242 Å². The van der Waals surface area contributed by atoms with Crippen LogP contribution in [0.1, 0.15) is 94.7 Å². The molecular formula is C80H83F7N11NaO16. The van der Waals surface area contributed by atoms with Crippen molar-refractivity contribution in [1.82, 2.24) is 19.1 Å². The molecule has 604 valence electrons. The summed E-state index contributed by atoms with van der Waals surface area (Å²) < 4.78 is 109. The van der Waals surface area contributed by atoms with E-state index in [9.17, 15) is 74.9 Å². The Hall–Kier alpha value is -12.5. The number of aliphatic hydroxyl groups excluding tert-OH is 2. The number of carboxylic acid groups (broad SMARTS) is 1. The minimum atomic E-state index is -1.00. The Morgan fingerprint density at radius 2 is 0.783 bits per heavy atom. The summed E-state index contributed by atoms with van der Waals surface area (Å²) >= 11 is 0. The predicted octanol–water partition coefficient (Wildman–Crippen LogP) is 14.8. The second kappa shape index (κ2) is 53.5. The molecule has 0 spiro atoms. The van der Waals surface area contributed by atoms with Crippen molar-refractivity contribution in [3.63, 3.8) is 0 Å². The molecule has 2 aromatic heterocycles. The Kier molecular flexibility index (Phi) is 45.8. The number of aromatic nitrogens is 4. The van der Waals surface area contributed by atoms with Gasteiger partial charge in [0, 0.05) is 97.4 Å². The van der Waals surface area contributed by atoms with E-state index in [0.29, 0.717) is 39.4 Å². The molecule has 0 aliphatic heterocycles. The van der Waals surface area contributed by atoms with Gasteiger partial charge in [-0.1, -0.05) is 0 Å². The van der Waals surface area contributed by atoms with E-state index in [0.717, 1.165) is 45.7 Å². The first-order valence-corrected chi connectivity index (χ1v) is 33.0. The molecule has 12 rings (SSSR count). The summed E-state index contributed by atoms with van der Waals surface area (Å²) in [4.78, 5) is 83.7. The van der Waals surface area contributed by atoms with E-state index in [-0.39, 0.29) is 117 Å². The monoisotopic (exact) mass is 1610 g/mol. The Bertz CT molecular complexity index is 4900. The van der Waals surface area contributed by atoms with E-state index in [2.05, 4.69) is 34.8 Å². The maximum Gasteiger partial charge on any atom is 1.00 e. The van der Waals surface area contributed by atoms with Crippen LogP contribution >= 0.6 is 0 Å². The van der Waals surface area contributed by atoms with Gasteiger partial charge < -0.3 is 62.7 Å². The van der Waals surface area contributed by atoms with Crippen molar-refractivity contribution in [2.45, 2.75) is 48.0 Å². The third-order valence-corrected chi connectivity index (χ3v) is 14.3. The number of nitrogen functional groups attached to an aromatic ring is 2. The molecule has 0 aliphatic rings. The molecule has 10 aromatic carbocycles. The maximum atomic E-state index is 12.9. The average Bonchev–Trinajstić information content (AvgIpc) is 1.64. The number of carboxylic acids is 1. The topological polar surface area (TPSA) is 416 Å². The smallest absolute Gasteiger partial charge is 0.553 e. The van der Waals surface area contributed by atoms with Crippen LogP contribution < -0.4 is 51.7 Å². The number of aliphatic hydroxyl groups is 2. The number of anilines is 6. The Morgan fingerprint density at radius 1 is 0.487 bits per heavy atom. The van der Waals surface area contributed by atoms with E-state index in [1.54, 1.807) is 104 Å². The average molecular weight is 1610 g/mol. The van der Waals surface area contributed by atoms with E-state index in [4.69, 9.17) is 39.3 Å². The van der Waals surface area contributed by atoms with Crippen LogP contribution in [0.5, 0.6) is 0 Å². The molecule has 0 saturated heterocycles. The molecule has 115 heavy (non-hydrogen) atoms. The number of benzene rings is 10. The molecular weight excluding hydrogens is 1530 g/mol. The minimum Gasteiger partial charge on any atom is -0.553 e. The number of nitrogens with two attached hydrogens (primary N) is 2. The zero-order chi connectivity index (χ0) is 86.4. The maximum absolute atomic E-state index is 12.9. The Balaban J connectivity index is 0.000000674. The second-order valence-corrected chi connectivity index (χ2v) is 22.3. The summed E-state index contributed by atoms with van der Waals surface area (Å²) in [5.74, 6) is 0.719. The minimum absolute atomic E-state index is 0. The van der Waals surface area contributed by atoms with Gasteiger partial charge in [0.25, 0.3) is 12.2 Å². The predicted molar refractivity (Wildman–Crippen MR) is 420 cm³/mol. The quantitative estimate of drug-likeness (QED) is 0.00847. The summed E-state index contributed by atoms with van der Waals surface area (Å²) in [5.41, 5.74) is 19.9. The summed E-state index contributed by atoms with van der Waals surface area (Å²) in [7, 11) is 3.53. The molecule has 0 saturated carbocycles. The molecule has 35 heteroatoms. The van der Waals surface area contributed by atoms with Gasteiger partial charge in [-0.25, -0.2) is 36.7 Å². The number of carbonyl (C=O) groups is 5. The summed E-state index contributed by atoms with van der Waals surface area (Å²) in [6.07, 6.45) is 3.26. The number of aromatic carboxylic acids is 1. The number of fused-ring (bicyclic) bond motifs is 2. The van der Waals surface area contributed by atoms with Gasteiger partial charge in [-0.2, -0.15) is 4.39 Å². The number of halogens is 7. The molecule has 0 fully saturated rings. The van der Waals surface area contributed by atoms with Crippen molar-refractivity contribution in [1.29, 1.82) is 0 Å². The van der Waals surface area contributed by atoms with Crippen LogP contribution in [0.3, 0.4) is 0 Å². The summed E-state index contributed by atoms with van der Waals surface area (Å²) in [5, 5.41) is 57.5. The van der Waals surface area contributed by atoms with Gasteiger partial charge >= 0.3 is 41.2 Å². The van der Waals surface area contributed by atoms with Crippen molar-refractivity contribution in [3.05, 3.63) is 314 Å².